The topological polar surface area (TPSA) is 52.9 Å². The van der Waals surface area contributed by atoms with E-state index in [1.807, 2.05) is 0 Å². The first-order valence-corrected chi connectivity index (χ1v) is 3.81. The minimum Gasteiger partial charge on any atom is -0.447 e. The van der Waals surface area contributed by atoms with Crippen LogP contribution in [0.5, 0.6) is 0 Å². The summed E-state index contributed by atoms with van der Waals surface area (Å²) in [6.45, 7) is 0. The van der Waals surface area contributed by atoms with E-state index < -0.39 is 6.03 Å². The van der Waals surface area contributed by atoms with E-state index in [1.165, 1.54) is 19.3 Å². The number of hydrogen-bond acceptors (Lipinski definition) is 1. The summed E-state index contributed by atoms with van der Waals surface area (Å²) in [4.78, 5) is 10.3. The molecule has 1 fully saturated rings. The Morgan fingerprint density at radius 1 is 1.27 bits per heavy atom. The second-order valence-corrected chi connectivity index (χ2v) is 2.81. The summed E-state index contributed by atoms with van der Waals surface area (Å²) in [5.41, 5.74) is 6.66. The molecule has 3 nitrogen and oxygen atoms in total. The number of carbonyl (C=O) groups excluding carboxylic acids is 1. The molecule has 1 aliphatic rings. The van der Waals surface area contributed by atoms with Gasteiger partial charge in [0, 0.05) is 32.7 Å². The smallest absolute Gasteiger partial charge is 0.150 e. The number of amides is 2. The van der Waals surface area contributed by atoms with Crippen molar-refractivity contribution in [1.29, 1.82) is 0 Å². The van der Waals surface area contributed by atoms with Crippen LogP contribution in [0.2, 0.25) is 0 Å². The number of urea groups is 1. The Balaban J connectivity index is 0.000001000. The van der Waals surface area contributed by atoms with Crippen molar-refractivity contribution < 1.29 is 37.5 Å². The van der Waals surface area contributed by atoms with E-state index in [0.29, 0.717) is 6.04 Å². The quantitative estimate of drug-likeness (QED) is 0.736. The Kier molecular flexibility index (Phi) is 6.16. The van der Waals surface area contributed by atoms with Gasteiger partial charge in [0.2, 0.25) is 0 Å². The van der Waals surface area contributed by atoms with Crippen molar-refractivity contribution in [2.75, 3.05) is 0 Å². The SMILES string of the molecule is [NH-]C(=O)NC1CCCCC1.[Y]. The van der Waals surface area contributed by atoms with Gasteiger partial charge in [-0.05, 0) is 6.04 Å². The van der Waals surface area contributed by atoms with Crippen molar-refractivity contribution in [3.63, 3.8) is 0 Å². The van der Waals surface area contributed by atoms with Crippen molar-refractivity contribution in [2.24, 2.45) is 0 Å². The van der Waals surface area contributed by atoms with Gasteiger partial charge in [-0.1, -0.05) is 32.1 Å². The van der Waals surface area contributed by atoms with E-state index in [9.17, 15) is 4.79 Å². The van der Waals surface area contributed by atoms with Crippen LogP contribution in [0.3, 0.4) is 0 Å². The molecule has 0 aromatic carbocycles. The van der Waals surface area contributed by atoms with Gasteiger partial charge in [0.15, 0.2) is 0 Å². The maximum Gasteiger partial charge on any atom is 0.150 e. The largest absolute Gasteiger partial charge is 0.447 e. The number of carbonyl (C=O) groups is 1. The Morgan fingerprint density at radius 3 is 2.27 bits per heavy atom. The van der Waals surface area contributed by atoms with Crippen molar-refractivity contribution >= 4 is 6.03 Å². The molecule has 2 amide bonds. The first kappa shape index (κ1) is 11.4. The van der Waals surface area contributed by atoms with Crippen LogP contribution in [0.1, 0.15) is 32.1 Å². The molecular weight excluding hydrogens is 217 g/mol. The molecule has 0 heterocycles. The molecule has 0 unspecified atom stereocenters. The molecule has 61 valence electrons. The zero-order valence-corrected chi connectivity index (χ0v) is 9.44. The summed E-state index contributed by atoms with van der Waals surface area (Å²) >= 11 is 0. The maximum atomic E-state index is 10.3. The van der Waals surface area contributed by atoms with Gasteiger partial charge in [0.05, 0.1) is 0 Å². The summed E-state index contributed by atoms with van der Waals surface area (Å²) in [6, 6.07) is -0.342. The van der Waals surface area contributed by atoms with E-state index in [-0.39, 0.29) is 32.7 Å². The zero-order valence-electron chi connectivity index (χ0n) is 6.60. The van der Waals surface area contributed by atoms with Gasteiger partial charge < -0.3 is 11.1 Å². The van der Waals surface area contributed by atoms with Gasteiger partial charge in [-0.2, -0.15) is 0 Å². The molecule has 0 aromatic rings. The van der Waals surface area contributed by atoms with Crippen LogP contribution in [0.4, 0.5) is 4.79 Å². The summed E-state index contributed by atoms with van der Waals surface area (Å²) in [5.74, 6) is 0. The van der Waals surface area contributed by atoms with E-state index in [2.05, 4.69) is 5.32 Å². The van der Waals surface area contributed by atoms with Crippen LogP contribution in [0.25, 0.3) is 5.73 Å². The Morgan fingerprint density at radius 2 is 1.82 bits per heavy atom. The Labute approximate surface area is 92.4 Å². The summed E-state index contributed by atoms with van der Waals surface area (Å²) in [7, 11) is 0. The Hall–Kier alpha value is 0.374. The predicted octanol–water partition coefficient (Wildman–Crippen LogP) is 2.08. The monoisotopic (exact) mass is 230 g/mol. The van der Waals surface area contributed by atoms with E-state index in [1.54, 1.807) is 0 Å². The number of rotatable bonds is 1. The van der Waals surface area contributed by atoms with Crippen molar-refractivity contribution in [3.8, 4) is 0 Å². The molecule has 1 saturated carbocycles. The number of hydrogen-bond donors (Lipinski definition) is 1. The van der Waals surface area contributed by atoms with Crippen molar-refractivity contribution in [2.45, 2.75) is 38.1 Å². The predicted molar refractivity (Wildman–Crippen MR) is 39.7 cm³/mol. The Bertz CT molecular complexity index is 124. The fraction of sp³-hybridized carbons (Fsp3) is 0.857. The second kappa shape index (κ2) is 5.95. The average molecular weight is 230 g/mol. The molecule has 1 rings (SSSR count). The molecule has 0 saturated heterocycles. The maximum absolute atomic E-state index is 10.3. The molecule has 0 aliphatic heterocycles. The zero-order chi connectivity index (χ0) is 7.40. The van der Waals surface area contributed by atoms with Crippen LogP contribution in [-0.2, 0) is 32.7 Å². The molecule has 0 atom stereocenters. The third kappa shape index (κ3) is 4.75. The van der Waals surface area contributed by atoms with Gasteiger partial charge >= 0.3 is 0 Å². The third-order valence-electron chi connectivity index (χ3n) is 1.94. The standard InChI is InChI=1S/C7H14N2O.Y/c8-7(10)9-6-4-2-1-3-5-6;/h6H,1-5H2,(H3,8,9,10);/p-1. The molecule has 0 aromatic heterocycles. The van der Waals surface area contributed by atoms with Crippen LogP contribution < -0.4 is 5.32 Å². The van der Waals surface area contributed by atoms with Gasteiger partial charge in [-0.25, -0.2) is 0 Å². The van der Waals surface area contributed by atoms with E-state index in [0.717, 1.165) is 12.8 Å². The first-order chi connectivity index (χ1) is 4.79. The molecule has 0 spiro atoms. The molecular formula is C7H13N2OY-. The van der Waals surface area contributed by atoms with Crippen molar-refractivity contribution in [3.05, 3.63) is 5.73 Å². The average Bonchev–Trinajstić information content (AvgIpc) is 1.88. The second-order valence-electron chi connectivity index (χ2n) is 2.81. The fourth-order valence-corrected chi connectivity index (χ4v) is 1.43. The van der Waals surface area contributed by atoms with Crippen LogP contribution in [0.15, 0.2) is 0 Å². The third-order valence-corrected chi connectivity index (χ3v) is 1.94. The normalized spacial score (nSPS) is 18.5. The minimum absolute atomic E-state index is 0. The van der Waals surface area contributed by atoms with Crippen LogP contribution in [0, 0.1) is 0 Å². The summed E-state index contributed by atoms with van der Waals surface area (Å²) in [6.07, 6.45) is 5.80. The molecule has 2 N–H and O–H groups in total. The van der Waals surface area contributed by atoms with E-state index in [4.69, 9.17) is 5.73 Å². The molecule has 11 heavy (non-hydrogen) atoms. The van der Waals surface area contributed by atoms with Gasteiger partial charge in [-0.15, -0.1) is 0 Å². The molecule has 0 bridgehead atoms. The molecule has 1 radical (unpaired) electrons. The summed E-state index contributed by atoms with van der Waals surface area (Å²) < 4.78 is 0. The van der Waals surface area contributed by atoms with Crippen molar-refractivity contribution in [1.82, 2.24) is 5.32 Å². The van der Waals surface area contributed by atoms with E-state index >= 15 is 0 Å². The van der Waals surface area contributed by atoms with Gasteiger partial charge in [-0.3, -0.25) is 4.79 Å². The van der Waals surface area contributed by atoms with Gasteiger partial charge in [0.25, 0.3) is 0 Å². The molecule has 1 aliphatic carbocycles. The van der Waals surface area contributed by atoms with Crippen LogP contribution in [-0.4, -0.2) is 12.1 Å². The minimum atomic E-state index is -0.632. The summed E-state index contributed by atoms with van der Waals surface area (Å²) in [5, 5.41) is 2.61. The van der Waals surface area contributed by atoms with Crippen LogP contribution >= 0.6 is 0 Å². The van der Waals surface area contributed by atoms with Gasteiger partial charge in [0.1, 0.15) is 6.03 Å². The first-order valence-electron chi connectivity index (χ1n) is 3.81. The fourth-order valence-electron chi connectivity index (χ4n) is 1.43. The number of nitrogens with one attached hydrogen (secondary N) is 2. The molecule has 4 heteroatoms.